The first-order valence-corrected chi connectivity index (χ1v) is 6.18. The average molecular weight is 260 g/mol. The second-order valence-corrected chi connectivity index (χ2v) is 5.10. The van der Waals surface area contributed by atoms with Crippen molar-refractivity contribution in [1.29, 1.82) is 0 Å². The molecule has 0 heterocycles. The molecule has 0 spiro atoms. The van der Waals surface area contributed by atoms with E-state index in [1.807, 2.05) is 45.0 Å². The molecule has 102 valence electrons. The maximum absolute atomic E-state index is 11.3. The first-order valence-electron chi connectivity index (χ1n) is 6.18. The van der Waals surface area contributed by atoms with Crippen LogP contribution in [0.2, 0.25) is 0 Å². The SMILES string of the molecule is CC(C)(C)OC(=O)NCCC#Cc1ccc(N)cc1. The summed E-state index contributed by atoms with van der Waals surface area (Å²) in [7, 11) is 0. The first-order chi connectivity index (χ1) is 8.87. The Bertz CT molecular complexity index is 476. The number of benzene rings is 1. The topological polar surface area (TPSA) is 64.3 Å². The summed E-state index contributed by atoms with van der Waals surface area (Å²) in [5, 5.41) is 2.65. The van der Waals surface area contributed by atoms with Crippen molar-refractivity contribution in [2.45, 2.75) is 32.8 Å². The van der Waals surface area contributed by atoms with Crippen LogP contribution < -0.4 is 11.1 Å². The third kappa shape index (κ3) is 6.99. The molecule has 0 atom stereocenters. The van der Waals surface area contributed by atoms with Crippen LogP contribution in [-0.2, 0) is 4.74 Å². The number of carbonyl (C=O) groups is 1. The van der Waals surface area contributed by atoms with Gasteiger partial charge in [0.15, 0.2) is 0 Å². The summed E-state index contributed by atoms with van der Waals surface area (Å²) in [4.78, 5) is 11.3. The molecular formula is C15H20N2O2. The number of ether oxygens (including phenoxy) is 1. The Labute approximate surface area is 114 Å². The lowest BCUT2D eigenvalue weighted by Gasteiger charge is -2.19. The zero-order valence-corrected chi connectivity index (χ0v) is 11.6. The maximum Gasteiger partial charge on any atom is 0.407 e. The Hall–Kier alpha value is -2.15. The summed E-state index contributed by atoms with van der Waals surface area (Å²) >= 11 is 0. The van der Waals surface area contributed by atoms with E-state index < -0.39 is 11.7 Å². The van der Waals surface area contributed by atoms with Gasteiger partial charge in [-0.05, 0) is 45.0 Å². The van der Waals surface area contributed by atoms with Gasteiger partial charge in [-0.3, -0.25) is 0 Å². The van der Waals surface area contributed by atoms with Crippen LogP contribution >= 0.6 is 0 Å². The van der Waals surface area contributed by atoms with E-state index in [9.17, 15) is 4.79 Å². The molecule has 1 amide bonds. The van der Waals surface area contributed by atoms with Gasteiger partial charge in [0.1, 0.15) is 5.60 Å². The molecule has 0 saturated carbocycles. The number of hydrogen-bond acceptors (Lipinski definition) is 3. The predicted octanol–water partition coefficient (Wildman–Crippen LogP) is 2.54. The molecule has 0 fully saturated rings. The van der Waals surface area contributed by atoms with Crippen LogP contribution in [-0.4, -0.2) is 18.2 Å². The van der Waals surface area contributed by atoms with Gasteiger partial charge in [-0.2, -0.15) is 0 Å². The van der Waals surface area contributed by atoms with Crippen LogP contribution in [0.5, 0.6) is 0 Å². The molecule has 4 nitrogen and oxygen atoms in total. The highest BCUT2D eigenvalue weighted by atomic mass is 16.6. The fraction of sp³-hybridized carbons (Fsp3) is 0.400. The number of amides is 1. The minimum absolute atomic E-state index is 0.415. The van der Waals surface area contributed by atoms with Gasteiger partial charge >= 0.3 is 6.09 Å². The molecule has 1 rings (SSSR count). The van der Waals surface area contributed by atoms with Crippen molar-refractivity contribution in [3.63, 3.8) is 0 Å². The lowest BCUT2D eigenvalue weighted by molar-refractivity contribution is 0.0529. The number of rotatable bonds is 2. The van der Waals surface area contributed by atoms with E-state index in [1.165, 1.54) is 0 Å². The van der Waals surface area contributed by atoms with Gasteiger partial charge in [0.25, 0.3) is 0 Å². The third-order valence-electron chi connectivity index (χ3n) is 2.06. The molecule has 0 saturated heterocycles. The van der Waals surface area contributed by atoms with E-state index in [-0.39, 0.29) is 0 Å². The Kier molecular flexibility index (Phi) is 5.25. The lowest BCUT2D eigenvalue weighted by Crippen LogP contribution is -2.32. The number of carbonyl (C=O) groups excluding carboxylic acids is 1. The van der Waals surface area contributed by atoms with Gasteiger partial charge in [0, 0.05) is 24.2 Å². The number of anilines is 1. The van der Waals surface area contributed by atoms with Gasteiger partial charge in [-0.1, -0.05) is 11.8 Å². The second-order valence-electron chi connectivity index (χ2n) is 5.10. The minimum Gasteiger partial charge on any atom is -0.444 e. The summed E-state index contributed by atoms with van der Waals surface area (Å²) in [6, 6.07) is 7.35. The summed E-state index contributed by atoms with van der Waals surface area (Å²) < 4.78 is 5.10. The Balaban J connectivity index is 2.28. The number of nitrogen functional groups attached to an aromatic ring is 1. The van der Waals surface area contributed by atoms with Crippen LogP contribution in [0.25, 0.3) is 0 Å². The normalized spacial score (nSPS) is 10.3. The lowest BCUT2D eigenvalue weighted by atomic mass is 10.2. The molecule has 0 aliphatic rings. The fourth-order valence-electron chi connectivity index (χ4n) is 1.27. The van der Waals surface area contributed by atoms with E-state index in [0.717, 1.165) is 11.3 Å². The van der Waals surface area contributed by atoms with Gasteiger partial charge in [-0.25, -0.2) is 4.79 Å². The molecule has 19 heavy (non-hydrogen) atoms. The first kappa shape index (κ1) is 14.9. The number of nitrogens with two attached hydrogens (primary N) is 1. The standard InChI is InChI=1S/C15H20N2O2/c1-15(2,3)19-14(18)17-11-5-4-6-12-7-9-13(16)10-8-12/h7-10H,5,11,16H2,1-3H3,(H,17,18). The molecule has 0 unspecified atom stereocenters. The van der Waals surface area contributed by atoms with Gasteiger partial charge in [0.2, 0.25) is 0 Å². The molecular weight excluding hydrogens is 240 g/mol. The Morgan fingerprint density at radius 1 is 1.32 bits per heavy atom. The summed E-state index contributed by atoms with van der Waals surface area (Å²) in [6.07, 6.45) is 0.158. The molecule has 0 aliphatic carbocycles. The number of alkyl carbamates (subject to hydrolysis) is 1. The monoisotopic (exact) mass is 260 g/mol. The van der Waals surface area contributed by atoms with Crippen LogP contribution in [0.4, 0.5) is 10.5 Å². The molecule has 1 aromatic carbocycles. The van der Waals surface area contributed by atoms with Crippen LogP contribution in [0.15, 0.2) is 24.3 Å². The van der Waals surface area contributed by atoms with Gasteiger partial charge in [-0.15, -0.1) is 0 Å². The van der Waals surface area contributed by atoms with Crippen molar-refractivity contribution in [3.05, 3.63) is 29.8 Å². The van der Waals surface area contributed by atoms with E-state index in [2.05, 4.69) is 17.2 Å². The summed E-state index contributed by atoms with van der Waals surface area (Å²) in [5.41, 5.74) is 6.73. The number of nitrogens with one attached hydrogen (secondary N) is 1. The van der Waals surface area contributed by atoms with E-state index in [0.29, 0.717) is 13.0 Å². The molecule has 3 N–H and O–H groups in total. The molecule has 1 aromatic rings. The zero-order valence-electron chi connectivity index (χ0n) is 11.6. The predicted molar refractivity (Wildman–Crippen MR) is 76.6 cm³/mol. The highest BCUT2D eigenvalue weighted by Gasteiger charge is 2.15. The Morgan fingerprint density at radius 3 is 2.53 bits per heavy atom. The van der Waals surface area contributed by atoms with Crippen molar-refractivity contribution < 1.29 is 9.53 Å². The van der Waals surface area contributed by atoms with Gasteiger partial charge in [0.05, 0.1) is 0 Å². The highest BCUT2D eigenvalue weighted by Crippen LogP contribution is 2.06. The largest absolute Gasteiger partial charge is 0.444 e. The maximum atomic E-state index is 11.3. The quantitative estimate of drug-likeness (QED) is 0.488. The minimum atomic E-state index is -0.472. The Morgan fingerprint density at radius 2 is 1.95 bits per heavy atom. The molecule has 0 bridgehead atoms. The highest BCUT2D eigenvalue weighted by molar-refractivity contribution is 5.67. The summed E-state index contributed by atoms with van der Waals surface area (Å²) in [5.74, 6) is 5.97. The van der Waals surface area contributed by atoms with Crippen molar-refractivity contribution in [1.82, 2.24) is 5.32 Å². The van der Waals surface area contributed by atoms with Crippen molar-refractivity contribution >= 4 is 11.8 Å². The van der Waals surface area contributed by atoms with E-state index in [1.54, 1.807) is 0 Å². The summed E-state index contributed by atoms with van der Waals surface area (Å²) in [6.45, 7) is 5.95. The number of hydrogen-bond donors (Lipinski definition) is 2. The zero-order chi connectivity index (χ0) is 14.3. The average Bonchev–Trinajstić information content (AvgIpc) is 2.29. The fourth-order valence-corrected chi connectivity index (χ4v) is 1.27. The smallest absolute Gasteiger partial charge is 0.407 e. The van der Waals surface area contributed by atoms with Crippen LogP contribution in [0.3, 0.4) is 0 Å². The van der Waals surface area contributed by atoms with Crippen molar-refractivity contribution in [3.8, 4) is 11.8 Å². The van der Waals surface area contributed by atoms with E-state index >= 15 is 0 Å². The molecule has 4 heteroatoms. The molecule has 0 aromatic heterocycles. The van der Waals surface area contributed by atoms with Crippen LogP contribution in [0.1, 0.15) is 32.8 Å². The van der Waals surface area contributed by atoms with Crippen molar-refractivity contribution in [2.75, 3.05) is 12.3 Å². The van der Waals surface area contributed by atoms with E-state index in [4.69, 9.17) is 10.5 Å². The van der Waals surface area contributed by atoms with Crippen LogP contribution in [0, 0.1) is 11.8 Å². The molecule has 0 aliphatic heterocycles. The third-order valence-corrected chi connectivity index (χ3v) is 2.06. The van der Waals surface area contributed by atoms with Gasteiger partial charge < -0.3 is 15.8 Å². The second kappa shape index (κ2) is 6.69. The van der Waals surface area contributed by atoms with Crippen molar-refractivity contribution in [2.24, 2.45) is 0 Å². The molecule has 0 radical (unpaired) electrons.